The highest BCUT2D eigenvalue weighted by Crippen LogP contribution is 2.43. The topological polar surface area (TPSA) is 105 Å². The molecule has 0 saturated heterocycles. The minimum Gasteiger partial charge on any atom is -0.431 e. The van der Waals surface area contributed by atoms with Gasteiger partial charge < -0.3 is 18.9 Å². The first kappa shape index (κ1) is 34.0. The van der Waals surface area contributed by atoms with Gasteiger partial charge in [-0.2, -0.15) is 0 Å². The van der Waals surface area contributed by atoms with E-state index in [1.165, 1.54) is 18.6 Å². The molecule has 0 aliphatic rings. The third-order valence-corrected chi connectivity index (χ3v) is 5.99. The molecule has 8 nitrogen and oxygen atoms in total. The quantitative estimate of drug-likeness (QED) is 0.0761. The number of carbonyl (C=O) groups is 4. The summed E-state index contributed by atoms with van der Waals surface area (Å²) >= 11 is 0. The first-order valence-electron chi connectivity index (χ1n) is 13.4. The summed E-state index contributed by atoms with van der Waals surface area (Å²) in [6, 6.07) is 13.2. The molecule has 3 aromatic carbocycles. The summed E-state index contributed by atoms with van der Waals surface area (Å²) in [6.07, 6.45) is 9.31. The Morgan fingerprint density at radius 3 is 1.59 bits per heavy atom. The largest absolute Gasteiger partial charge is 0.431 e. The summed E-state index contributed by atoms with van der Waals surface area (Å²) < 4.78 is 36.8. The molecule has 0 saturated carbocycles. The van der Waals surface area contributed by atoms with Crippen LogP contribution in [0.1, 0.15) is 27.8 Å². The van der Waals surface area contributed by atoms with E-state index >= 15 is 4.39 Å². The average Bonchev–Trinajstić information content (AvgIpc) is 3.07. The second-order valence-corrected chi connectivity index (χ2v) is 8.98. The van der Waals surface area contributed by atoms with E-state index in [0.29, 0.717) is 22.3 Å². The molecule has 0 heterocycles. The van der Waals surface area contributed by atoms with Crippen LogP contribution in [0.25, 0.3) is 23.3 Å². The lowest BCUT2D eigenvalue weighted by atomic mass is 9.94. The third kappa shape index (κ3) is 8.99. The van der Waals surface area contributed by atoms with E-state index in [0.717, 1.165) is 24.3 Å². The molecule has 0 N–H and O–H groups in total. The molecule has 0 radical (unpaired) electrons. The van der Waals surface area contributed by atoms with E-state index in [-0.39, 0.29) is 22.4 Å². The van der Waals surface area contributed by atoms with E-state index in [1.54, 1.807) is 61.5 Å². The number of esters is 4. The Bertz CT molecular complexity index is 1830. The summed E-state index contributed by atoms with van der Waals surface area (Å²) in [6.45, 7) is 15.0. The number of hydrogen-bond acceptors (Lipinski definition) is 8. The number of benzene rings is 3. The molecular formula is C37H27FO8. The van der Waals surface area contributed by atoms with Crippen molar-refractivity contribution in [3.8, 4) is 34.5 Å². The van der Waals surface area contributed by atoms with Crippen molar-refractivity contribution < 1.29 is 42.5 Å². The van der Waals surface area contributed by atoms with Crippen LogP contribution in [0.2, 0.25) is 0 Å². The average molecular weight is 619 g/mol. The van der Waals surface area contributed by atoms with Gasteiger partial charge in [0.25, 0.3) is 0 Å². The van der Waals surface area contributed by atoms with Gasteiger partial charge in [-0.3, -0.25) is 0 Å². The van der Waals surface area contributed by atoms with Gasteiger partial charge in [-0.05, 0) is 47.9 Å². The molecule has 0 amide bonds. The van der Waals surface area contributed by atoms with Gasteiger partial charge in [0.05, 0.1) is 12.5 Å². The lowest BCUT2D eigenvalue weighted by molar-refractivity contribution is -0.133. The number of halogens is 1. The lowest BCUT2D eigenvalue weighted by Crippen LogP contribution is -2.12. The fraction of sp³-hybridized carbons (Fsp3) is 0.0270. The molecule has 9 heteroatoms. The first-order chi connectivity index (χ1) is 22.1. The maximum absolute atomic E-state index is 16.3. The first-order valence-corrected chi connectivity index (χ1v) is 13.4. The molecule has 230 valence electrons. The van der Waals surface area contributed by atoms with Gasteiger partial charge in [-0.1, -0.05) is 74.6 Å². The van der Waals surface area contributed by atoms with Crippen LogP contribution < -0.4 is 9.47 Å². The highest BCUT2D eigenvalue weighted by atomic mass is 19.1. The van der Waals surface area contributed by atoms with Crippen LogP contribution in [-0.2, 0) is 28.7 Å². The van der Waals surface area contributed by atoms with Gasteiger partial charge in [0, 0.05) is 41.0 Å². The van der Waals surface area contributed by atoms with E-state index in [4.69, 9.17) is 18.9 Å². The Kier molecular flexibility index (Phi) is 12.1. The highest BCUT2D eigenvalue weighted by molar-refractivity contribution is 5.90. The zero-order chi connectivity index (χ0) is 33.6. The molecule has 0 aliphatic heterocycles. The van der Waals surface area contributed by atoms with Crippen molar-refractivity contribution in [3.05, 3.63) is 145 Å². The maximum atomic E-state index is 16.3. The molecule has 0 spiro atoms. The summed E-state index contributed by atoms with van der Waals surface area (Å²) in [5.74, 6) is 0.780. The van der Waals surface area contributed by atoms with Crippen molar-refractivity contribution in [1.29, 1.82) is 0 Å². The Morgan fingerprint density at radius 1 is 0.652 bits per heavy atom. The van der Waals surface area contributed by atoms with Crippen LogP contribution in [0.15, 0.2) is 112 Å². The highest BCUT2D eigenvalue weighted by Gasteiger charge is 2.27. The molecule has 3 aromatic rings. The zero-order valence-corrected chi connectivity index (χ0v) is 24.7. The van der Waals surface area contributed by atoms with Crippen molar-refractivity contribution >= 4 is 36.0 Å². The van der Waals surface area contributed by atoms with Gasteiger partial charge >= 0.3 is 23.9 Å². The van der Waals surface area contributed by atoms with Crippen LogP contribution >= 0.6 is 0 Å². The monoisotopic (exact) mass is 618 g/mol. The fourth-order valence-electron chi connectivity index (χ4n) is 3.79. The standard InChI is InChI=1S/C37H27FO8/c1-6-30(39)43-22-20-26-12-10-25(11-13-26)16-19-29-35(38)37(46-33(42)9-4)34(24(5)36(29)45-32(41)8-3)28-17-14-27(15-18-28)21-23-44-31(40)7-2/h6-15,17-18,20-23H,1-4H2,5H3/b22-20+,23-21+. The maximum Gasteiger partial charge on any atom is 0.335 e. The predicted molar refractivity (Wildman–Crippen MR) is 171 cm³/mol. The molecule has 0 aromatic heterocycles. The summed E-state index contributed by atoms with van der Waals surface area (Å²) in [5.41, 5.74) is 2.20. The van der Waals surface area contributed by atoms with Gasteiger partial charge in [0.15, 0.2) is 17.3 Å². The Hall–Kier alpha value is -6.53. The number of rotatable bonds is 11. The van der Waals surface area contributed by atoms with E-state index in [9.17, 15) is 19.2 Å². The van der Waals surface area contributed by atoms with Crippen LogP contribution in [0.4, 0.5) is 4.39 Å². The minimum absolute atomic E-state index is 0.118. The van der Waals surface area contributed by atoms with Crippen LogP contribution in [0.3, 0.4) is 0 Å². The number of ether oxygens (including phenoxy) is 4. The van der Waals surface area contributed by atoms with E-state index in [2.05, 4.69) is 38.2 Å². The molecular weight excluding hydrogens is 591 g/mol. The van der Waals surface area contributed by atoms with Gasteiger partial charge in [-0.15, -0.1) is 0 Å². The number of hydrogen-bond donors (Lipinski definition) is 0. The Labute approximate surface area is 265 Å². The fourth-order valence-corrected chi connectivity index (χ4v) is 3.79. The van der Waals surface area contributed by atoms with Crippen molar-refractivity contribution in [3.63, 3.8) is 0 Å². The number of carbonyl (C=O) groups excluding carboxylic acids is 4. The SMILES string of the molecule is C=CC(=O)O/C=C/c1ccc(C#Cc2c(F)c(OC(=O)C=C)c(-c3ccc(/C=C/OC(=O)C=C)cc3)c(C)c2OC(=O)C=C)cc1. The van der Waals surface area contributed by atoms with Gasteiger partial charge in [0.2, 0.25) is 0 Å². The molecule has 46 heavy (non-hydrogen) atoms. The smallest absolute Gasteiger partial charge is 0.335 e. The third-order valence-electron chi connectivity index (χ3n) is 5.99. The Morgan fingerprint density at radius 2 is 1.11 bits per heavy atom. The second kappa shape index (κ2) is 16.4. The van der Waals surface area contributed by atoms with Crippen molar-refractivity contribution in [2.75, 3.05) is 0 Å². The zero-order valence-electron chi connectivity index (χ0n) is 24.7. The van der Waals surface area contributed by atoms with Crippen LogP contribution in [0, 0.1) is 24.6 Å². The molecule has 0 fully saturated rings. The summed E-state index contributed by atoms with van der Waals surface area (Å²) in [4.78, 5) is 47.1. The molecule has 0 atom stereocenters. The van der Waals surface area contributed by atoms with Crippen molar-refractivity contribution in [2.45, 2.75) is 6.92 Å². The van der Waals surface area contributed by atoms with Crippen LogP contribution in [0.5, 0.6) is 11.5 Å². The van der Waals surface area contributed by atoms with Crippen molar-refractivity contribution in [2.24, 2.45) is 0 Å². The van der Waals surface area contributed by atoms with Crippen LogP contribution in [-0.4, -0.2) is 23.9 Å². The minimum atomic E-state index is -1.06. The summed E-state index contributed by atoms with van der Waals surface area (Å²) in [5, 5.41) is 0. The molecule has 0 unspecified atom stereocenters. The lowest BCUT2D eigenvalue weighted by Gasteiger charge is -2.19. The van der Waals surface area contributed by atoms with E-state index < -0.39 is 35.4 Å². The second-order valence-electron chi connectivity index (χ2n) is 8.98. The van der Waals surface area contributed by atoms with Gasteiger partial charge in [0.1, 0.15) is 5.56 Å². The summed E-state index contributed by atoms with van der Waals surface area (Å²) in [7, 11) is 0. The van der Waals surface area contributed by atoms with Gasteiger partial charge in [-0.25, -0.2) is 23.6 Å². The molecule has 3 rings (SSSR count). The van der Waals surface area contributed by atoms with Crippen molar-refractivity contribution in [1.82, 2.24) is 0 Å². The normalized spacial score (nSPS) is 10.3. The van der Waals surface area contributed by atoms with E-state index in [1.807, 2.05) is 0 Å². The molecule has 0 bridgehead atoms. The Balaban J connectivity index is 2.14. The predicted octanol–water partition coefficient (Wildman–Crippen LogP) is 6.78. The molecule has 0 aliphatic carbocycles.